The fraction of sp³-hybridized carbons (Fsp3) is 0. The molecule has 0 aliphatic carbocycles. The summed E-state index contributed by atoms with van der Waals surface area (Å²) in [5.41, 5.74) is 9.96. The third-order valence-corrected chi connectivity index (χ3v) is 8.47. The summed E-state index contributed by atoms with van der Waals surface area (Å²) in [7, 11) is 0. The molecule has 0 radical (unpaired) electrons. The molecule has 0 N–H and O–H groups in total. The average molecular weight is 533 g/mol. The van der Waals surface area contributed by atoms with Crippen LogP contribution in [0.15, 0.2) is 170 Å². The molecule has 0 heteroatoms. The predicted molar refractivity (Wildman–Crippen MR) is 181 cm³/mol. The highest BCUT2D eigenvalue weighted by molar-refractivity contribution is 6.22. The number of rotatable bonds is 4. The Kier molecular flexibility index (Phi) is 5.90. The van der Waals surface area contributed by atoms with E-state index in [2.05, 4.69) is 170 Å². The molecule has 0 heterocycles. The van der Waals surface area contributed by atoms with Crippen LogP contribution in [0.5, 0.6) is 0 Å². The molecule has 0 saturated carbocycles. The first-order valence-electron chi connectivity index (χ1n) is 14.5. The van der Waals surface area contributed by atoms with Gasteiger partial charge in [0.1, 0.15) is 0 Å². The van der Waals surface area contributed by atoms with Crippen LogP contribution in [0.25, 0.3) is 76.8 Å². The lowest BCUT2D eigenvalue weighted by Crippen LogP contribution is -1.92. The lowest BCUT2D eigenvalue weighted by Gasteiger charge is -2.19. The zero-order valence-electron chi connectivity index (χ0n) is 23.2. The van der Waals surface area contributed by atoms with Gasteiger partial charge in [-0.2, -0.15) is 0 Å². The van der Waals surface area contributed by atoms with E-state index in [4.69, 9.17) is 0 Å². The van der Waals surface area contributed by atoms with Crippen molar-refractivity contribution in [2.24, 2.45) is 0 Å². The summed E-state index contributed by atoms with van der Waals surface area (Å²) in [4.78, 5) is 0. The van der Waals surface area contributed by atoms with Gasteiger partial charge in [-0.3, -0.25) is 0 Å². The quantitative estimate of drug-likeness (QED) is 0.198. The highest BCUT2D eigenvalue weighted by atomic mass is 14.2. The van der Waals surface area contributed by atoms with Crippen LogP contribution in [0.1, 0.15) is 0 Å². The normalized spacial score (nSPS) is 11.3. The highest BCUT2D eigenvalue weighted by Gasteiger charge is 2.18. The van der Waals surface area contributed by atoms with E-state index in [0.717, 1.165) is 0 Å². The molecule has 196 valence electrons. The second-order valence-electron chi connectivity index (χ2n) is 10.9. The Morgan fingerprint density at radius 3 is 1.50 bits per heavy atom. The van der Waals surface area contributed by atoms with E-state index in [-0.39, 0.29) is 0 Å². The topological polar surface area (TPSA) is 0 Å². The first-order valence-corrected chi connectivity index (χ1v) is 14.5. The maximum absolute atomic E-state index is 2.38. The van der Waals surface area contributed by atoms with Gasteiger partial charge < -0.3 is 0 Å². The van der Waals surface area contributed by atoms with Crippen molar-refractivity contribution < 1.29 is 0 Å². The summed E-state index contributed by atoms with van der Waals surface area (Å²) < 4.78 is 0. The molecule has 8 aromatic carbocycles. The molecule has 0 saturated heterocycles. The van der Waals surface area contributed by atoms with Crippen molar-refractivity contribution in [2.45, 2.75) is 0 Å². The molecule has 0 bridgehead atoms. The zero-order valence-corrected chi connectivity index (χ0v) is 23.2. The summed E-state index contributed by atoms with van der Waals surface area (Å²) >= 11 is 0. The summed E-state index contributed by atoms with van der Waals surface area (Å²) in [5, 5.41) is 7.64. The minimum atomic E-state index is 1.22. The van der Waals surface area contributed by atoms with Crippen LogP contribution in [0.4, 0.5) is 0 Å². The molecule has 42 heavy (non-hydrogen) atoms. The Labute approximate surface area is 246 Å². The van der Waals surface area contributed by atoms with Crippen molar-refractivity contribution in [2.75, 3.05) is 0 Å². The molecule has 8 rings (SSSR count). The molecule has 0 amide bonds. The molecule has 0 aromatic heterocycles. The maximum atomic E-state index is 2.38. The summed E-state index contributed by atoms with van der Waals surface area (Å²) in [6.45, 7) is 0. The lowest BCUT2D eigenvalue weighted by atomic mass is 9.83. The molecule has 0 nitrogen and oxygen atoms in total. The van der Waals surface area contributed by atoms with Gasteiger partial charge in [0, 0.05) is 0 Å². The summed E-state index contributed by atoms with van der Waals surface area (Å²) in [6.07, 6.45) is 0. The number of benzene rings is 8. The molecule has 0 atom stereocenters. The van der Waals surface area contributed by atoms with Gasteiger partial charge in [-0.15, -0.1) is 0 Å². The number of fused-ring (bicyclic) bond motifs is 4. The first-order chi connectivity index (χ1) is 20.8. The van der Waals surface area contributed by atoms with Crippen molar-refractivity contribution in [3.8, 4) is 44.5 Å². The van der Waals surface area contributed by atoms with Gasteiger partial charge >= 0.3 is 0 Å². The number of hydrogen-bond acceptors (Lipinski definition) is 0. The molecule has 0 unspecified atom stereocenters. The molecule has 8 aromatic rings. The van der Waals surface area contributed by atoms with E-state index in [1.807, 2.05) is 0 Å². The monoisotopic (exact) mass is 532 g/mol. The predicted octanol–water partition coefficient (Wildman–Crippen LogP) is 11.8. The largest absolute Gasteiger partial charge is 0.0622 e. The summed E-state index contributed by atoms with van der Waals surface area (Å²) in [5.74, 6) is 0. The molecule has 0 fully saturated rings. The minimum absolute atomic E-state index is 1.22. The van der Waals surface area contributed by atoms with Crippen LogP contribution >= 0.6 is 0 Å². The van der Waals surface area contributed by atoms with E-state index < -0.39 is 0 Å². The first kappa shape index (κ1) is 24.3. The maximum Gasteiger partial charge on any atom is -0.00201 e. The van der Waals surface area contributed by atoms with Crippen LogP contribution in [-0.4, -0.2) is 0 Å². The Hall–Kier alpha value is -5.46. The van der Waals surface area contributed by atoms with E-state index in [9.17, 15) is 0 Å². The third kappa shape index (κ3) is 4.08. The van der Waals surface area contributed by atoms with Crippen LogP contribution < -0.4 is 0 Å². The van der Waals surface area contributed by atoms with Crippen molar-refractivity contribution in [1.29, 1.82) is 0 Å². The Balaban J connectivity index is 1.41. The van der Waals surface area contributed by atoms with Crippen molar-refractivity contribution in [1.82, 2.24) is 0 Å². The van der Waals surface area contributed by atoms with Gasteiger partial charge in [0.25, 0.3) is 0 Å². The SMILES string of the molecule is c1ccc(-c2ccc3c(c2)c(-c2ccccc2)c(-c2ccc(-c4cccc5ccccc45)cc2)c2ccccc23)cc1. The fourth-order valence-electron chi connectivity index (χ4n) is 6.50. The molecule has 0 aliphatic heterocycles. The smallest absolute Gasteiger partial charge is 0.00201 e. The fourth-order valence-corrected chi connectivity index (χ4v) is 6.50. The Morgan fingerprint density at radius 2 is 0.738 bits per heavy atom. The van der Waals surface area contributed by atoms with Crippen LogP contribution in [0.3, 0.4) is 0 Å². The van der Waals surface area contributed by atoms with Gasteiger partial charge in [-0.1, -0.05) is 164 Å². The van der Waals surface area contributed by atoms with Gasteiger partial charge in [-0.05, 0) is 82.9 Å². The van der Waals surface area contributed by atoms with Crippen molar-refractivity contribution in [3.63, 3.8) is 0 Å². The van der Waals surface area contributed by atoms with Gasteiger partial charge in [-0.25, -0.2) is 0 Å². The molecule has 0 aliphatic rings. The number of hydrogen-bond donors (Lipinski definition) is 0. The zero-order chi connectivity index (χ0) is 27.9. The van der Waals surface area contributed by atoms with Gasteiger partial charge in [0.2, 0.25) is 0 Å². The molecular weight excluding hydrogens is 504 g/mol. The van der Waals surface area contributed by atoms with E-state index in [1.54, 1.807) is 0 Å². The summed E-state index contributed by atoms with van der Waals surface area (Å²) in [6, 6.07) is 61.7. The minimum Gasteiger partial charge on any atom is -0.0622 e. The van der Waals surface area contributed by atoms with Crippen LogP contribution in [0, 0.1) is 0 Å². The van der Waals surface area contributed by atoms with Crippen molar-refractivity contribution >= 4 is 32.3 Å². The second kappa shape index (κ2) is 10.2. The van der Waals surface area contributed by atoms with E-state index >= 15 is 0 Å². The van der Waals surface area contributed by atoms with Gasteiger partial charge in [0.15, 0.2) is 0 Å². The second-order valence-corrected chi connectivity index (χ2v) is 10.9. The lowest BCUT2D eigenvalue weighted by molar-refractivity contribution is 1.61. The Bertz CT molecular complexity index is 2200. The van der Waals surface area contributed by atoms with Gasteiger partial charge in [0.05, 0.1) is 0 Å². The third-order valence-electron chi connectivity index (χ3n) is 8.47. The highest BCUT2D eigenvalue weighted by Crippen LogP contribution is 2.45. The van der Waals surface area contributed by atoms with E-state index in [0.29, 0.717) is 0 Å². The van der Waals surface area contributed by atoms with Crippen LogP contribution in [0.2, 0.25) is 0 Å². The van der Waals surface area contributed by atoms with Crippen LogP contribution in [-0.2, 0) is 0 Å². The average Bonchev–Trinajstić information content (AvgIpc) is 3.08. The standard InChI is InChI=1S/C42H28/c1-3-12-29(13-4-1)34-26-27-38-37-19-9-10-20-39(37)41(42(40(38)28-34)32-15-5-2-6-16-32)33-24-22-31(23-25-33)36-21-11-17-30-14-7-8-18-35(30)36/h1-28H. The van der Waals surface area contributed by atoms with E-state index in [1.165, 1.54) is 76.8 Å². The van der Waals surface area contributed by atoms with Crippen molar-refractivity contribution in [3.05, 3.63) is 170 Å². The Morgan fingerprint density at radius 1 is 0.238 bits per heavy atom. The molecular formula is C42H28. The molecule has 0 spiro atoms.